The molecule has 0 saturated carbocycles. The Labute approximate surface area is 146 Å². The second-order valence-corrected chi connectivity index (χ2v) is 7.45. The van der Waals surface area contributed by atoms with E-state index in [9.17, 15) is 13.2 Å². The summed E-state index contributed by atoms with van der Waals surface area (Å²) in [6, 6.07) is 11.0. The van der Waals surface area contributed by atoms with E-state index in [1.807, 2.05) is 30.3 Å². The molecule has 0 unspecified atom stereocenters. The van der Waals surface area contributed by atoms with E-state index < -0.39 is 16.0 Å². The van der Waals surface area contributed by atoms with E-state index in [1.165, 1.54) is 13.0 Å². The molecule has 0 aliphatic rings. The van der Waals surface area contributed by atoms with E-state index in [1.54, 1.807) is 0 Å². The van der Waals surface area contributed by atoms with Crippen LogP contribution in [0.2, 0.25) is 0 Å². The summed E-state index contributed by atoms with van der Waals surface area (Å²) in [7, 11) is -3.49. The first-order valence-corrected chi connectivity index (χ1v) is 9.44. The molecule has 0 atom stereocenters. The van der Waals surface area contributed by atoms with Gasteiger partial charge in [-0.3, -0.25) is 0 Å². The summed E-state index contributed by atoms with van der Waals surface area (Å²) in [6.45, 7) is 2.21. The van der Waals surface area contributed by atoms with Crippen LogP contribution in [0.4, 0.5) is 0 Å². The van der Waals surface area contributed by atoms with E-state index >= 15 is 0 Å². The van der Waals surface area contributed by atoms with Crippen LogP contribution < -0.4 is 4.72 Å². The predicted molar refractivity (Wildman–Crippen MR) is 91.7 cm³/mol. The fourth-order valence-corrected chi connectivity index (χ4v) is 3.22. The molecule has 8 heteroatoms. The third-order valence-corrected chi connectivity index (χ3v) is 4.89. The fourth-order valence-electron chi connectivity index (χ4n) is 2.21. The summed E-state index contributed by atoms with van der Waals surface area (Å²) < 4.78 is 36.9. The zero-order valence-electron chi connectivity index (χ0n) is 13.9. The third kappa shape index (κ3) is 6.33. The van der Waals surface area contributed by atoms with E-state index in [-0.39, 0.29) is 29.4 Å². The third-order valence-electron chi connectivity index (χ3n) is 3.48. The largest absolute Gasteiger partial charge is 0.478 e. The number of aryl methyl sites for hydroxylation is 1. The van der Waals surface area contributed by atoms with Crippen molar-refractivity contribution in [2.75, 3.05) is 12.4 Å². The number of furan rings is 1. The van der Waals surface area contributed by atoms with Crippen molar-refractivity contribution >= 4 is 16.0 Å². The maximum atomic E-state index is 11.9. The van der Waals surface area contributed by atoms with Crippen molar-refractivity contribution in [2.24, 2.45) is 0 Å². The van der Waals surface area contributed by atoms with E-state index in [2.05, 4.69) is 4.72 Å². The molecular formula is C17H21NO6S. The lowest BCUT2D eigenvalue weighted by Gasteiger charge is -2.06. The number of hydrogen-bond donors (Lipinski definition) is 2. The van der Waals surface area contributed by atoms with Gasteiger partial charge in [0.25, 0.3) is 0 Å². The van der Waals surface area contributed by atoms with Crippen LogP contribution in [0.15, 0.2) is 40.8 Å². The average Bonchev–Trinajstić information content (AvgIpc) is 2.95. The van der Waals surface area contributed by atoms with Crippen LogP contribution in [-0.2, 0) is 27.9 Å². The number of nitrogens with one attached hydrogen (secondary N) is 1. The number of carboxylic acid groups (broad SMARTS) is 1. The molecule has 1 aromatic heterocycles. The number of rotatable bonds is 10. The maximum absolute atomic E-state index is 11.9. The molecule has 2 rings (SSSR count). The van der Waals surface area contributed by atoms with Crippen molar-refractivity contribution in [1.29, 1.82) is 0 Å². The Kier molecular flexibility index (Phi) is 6.74. The van der Waals surface area contributed by atoms with Gasteiger partial charge >= 0.3 is 5.97 Å². The zero-order chi connectivity index (χ0) is 18.3. The molecule has 0 saturated heterocycles. The number of carbonyl (C=O) groups is 1. The summed E-state index contributed by atoms with van der Waals surface area (Å²) in [6.07, 6.45) is 0.361. The molecule has 0 aliphatic carbocycles. The monoisotopic (exact) mass is 367 g/mol. The molecular weight excluding hydrogens is 346 g/mol. The molecule has 2 N–H and O–H groups in total. The van der Waals surface area contributed by atoms with Crippen LogP contribution in [0.1, 0.15) is 33.9 Å². The second kappa shape index (κ2) is 8.80. The van der Waals surface area contributed by atoms with Crippen LogP contribution in [0.5, 0.6) is 0 Å². The Morgan fingerprint density at radius 3 is 2.64 bits per heavy atom. The van der Waals surface area contributed by atoms with Crippen LogP contribution in [-0.4, -0.2) is 31.9 Å². The lowest BCUT2D eigenvalue weighted by atomic mass is 10.2. The number of sulfonamides is 1. The van der Waals surface area contributed by atoms with Gasteiger partial charge in [-0.25, -0.2) is 17.9 Å². The Balaban J connectivity index is 1.71. The highest BCUT2D eigenvalue weighted by Gasteiger charge is 2.16. The van der Waals surface area contributed by atoms with Crippen LogP contribution in [0.3, 0.4) is 0 Å². The standard InChI is InChI=1S/C17H21NO6S/c1-13-16(17(19)20)10-15(24-13)11-18-25(21,22)9-5-8-23-12-14-6-3-2-4-7-14/h2-4,6-7,10,18H,5,8-9,11-12H2,1H3,(H,19,20). The number of benzene rings is 1. The molecule has 0 spiro atoms. The minimum absolute atomic E-state index is 0.0310. The Hall–Kier alpha value is -2.16. The summed E-state index contributed by atoms with van der Waals surface area (Å²) in [5.41, 5.74) is 1.06. The van der Waals surface area contributed by atoms with Crippen LogP contribution in [0, 0.1) is 6.92 Å². The average molecular weight is 367 g/mol. The van der Waals surface area contributed by atoms with Crippen molar-refractivity contribution in [3.63, 3.8) is 0 Å². The number of ether oxygens (including phenoxy) is 1. The summed E-state index contributed by atoms with van der Waals surface area (Å²) in [5, 5.41) is 8.94. The molecule has 25 heavy (non-hydrogen) atoms. The van der Waals surface area contributed by atoms with Gasteiger partial charge in [-0.15, -0.1) is 0 Å². The molecule has 0 radical (unpaired) electrons. The molecule has 0 fully saturated rings. The van der Waals surface area contributed by atoms with Crippen molar-refractivity contribution in [3.05, 3.63) is 59.0 Å². The van der Waals surface area contributed by atoms with E-state index in [4.69, 9.17) is 14.3 Å². The predicted octanol–water partition coefficient (Wildman–Crippen LogP) is 2.31. The SMILES string of the molecule is Cc1oc(CNS(=O)(=O)CCCOCc2ccccc2)cc1C(=O)O. The lowest BCUT2D eigenvalue weighted by molar-refractivity contribution is 0.0695. The smallest absolute Gasteiger partial charge is 0.339 e. The van der Waals surface area contributed by atoms with Crippen LogP contribution >= 0.6 is 0 Å². The van der Waals surface area contributed by atoms with Gasteiger partial charge in [0.2, 0.25) is 10.0 Å². The van der Waals surface area contributed by atoms with Crippen molar-refractivity contribution in [1.82, 2.24) is 4.72 Å². The molecule has 7 nitrogen and oxygen atoms in total. The molecule has 0 aliphatic heterocycles. The van der Waals surface area contributed by atoms with Gasteiger partial charge in [-0.05, 0) is 25.0 Å². The number of aromatic carboxylic acids is 1. The summed E-state index contributed by atoms with van der Waals surface area (Å²) >= 11 is 0. The summed E-state index contributed by atoms with van der Waals surface area (Å²) in [4.78, 5) is 10.9. The van der Waals surface area contributed by atoms with Crippen LogP contribution in [0.25, 0.3) is 0 Å². The summed E-state index contributed by atoms with van der Waals surface area (Å²) in [5.74, 6) is -0.673. The highest BCUT2D eigenvalue weighted by molar-refractivity contribution is 7.89. The Bertz CT molecular complexity index is 798. The number of hydrogen-bond acceptors (Lipinski definition) is 5. The van der Waals surface area contributed by atoms with E-state index in [0.29, 0.717) is 19.6 Å². The molecule has 2 aromatic rings. The number of carboxylic acids is 1. The van der Waals surface area contributed by atoms with Gasteiger partial charge in [0.05, 0.1) is 18.9 Å². The first-order chi connectivity index (χ1) is 11.9. The minimum atomic E-state index is -3.49. The topological polar surface area (TPSA) is 106 Å². The Morgan fingerprint density at radius 2 is 2.00 bits per heavy atom. The Morgan fingerprint density at radius 1 is 1.28 bits per heavy atom. The molecule has 0 bridgehead atoms. The normalized spacial score (nSPS) is 11.6. The quantitative estimate of drug-likeness (QED) is 0.624. The van der Waals surface area contributed by atoms with Gasteiger partial charge in [0.1, 0.15) is 17.1 Å². The molecule has 1 heterocycles. The molecule has 0 amide bonds. The highest BCUT2D eigenvalue weighted by atomic mass is 32.2. The van der Waals surface area contributed by atoms with Crippen molar-refractivity contribution < 1.29 is 27.5 Å². The first kappa shape index (κ1) is 19.2. The van der Waals surface area contributed by atoms with Gasteiger partial charge in [-0.2, -0.15) is 0 Å². The van der Waals surface area contributed by atoms with Gasteiger partial charge < -0.3 is 14.3 Å². The van der Waals surface area contributed by atoms with E-state index in [0.717, 1.165) is 5.56 Å². The van der Waals surface area contributed by atoms with Crippen molar-refractivity contribution in [2.45, 2.75) is 26.5 Å². The molecule has 1 aromatic carbocycles. The second-order valence-electron chi connectivity index (χ2n) is 5.52. The van der Waals surface area contributed by atoms with Gasteiger partial charge in [-0.1, -0.05) is 30.3 Å². The highest BCUT2D eigenvalue weighted by Crippen LogP contribution is 2.14. The fraction of sp³-hybridized carbons (Fsp3) is 0.353. The lowest BCUT2D eigenvalue weighted by Crippen LogP contribution is -2.26. The molecule has 136 valence electrons. The van der Waals surface area contributed by atoms with Gasteiger partial charge in [0, 0.05) is 6.61 Å². The van der Waals surface area contributed by atoms with Crippen molar-refractivity contribution in [3.8, 4) is 0 Å². The first-order valence-electron chi connectivity index (χ1n) is 7.79. The van der Waals surface area contributed by atoms with Gasteiger partial charge in [0.15, 0.2) is 0 Å². The maximum Gasteiger partial charge on any atom is 0.339 e. The zero-order valence-corrected chi connectivity index (χ0v) is 14.7. The minimum Gasteiger partial charge on any atom is -0.478 e.